The van der Waals surface area contributed by atoms with Gasteiger partial charge >= 0.3 is 0 Å². The zero-order chi connectivity index (χ0) is 11.4. The van der Waals surface area contributed by atoms with E-state index in [0.717, 1.165) is 12.1 Å². The van der Waals surface area contributed by atoms with Crippen molar-refractivity contribution in [3.05, 3.63) is 29.6 Å². The van der Waals surface area contributed by atoms with Crippen molar-refractivity contribution in [2.75, 3.05) is 5.32 Å². The molecule has 1 unspecified atom stereocenters. The Hall–Kier alpha value is -1.70. The van der Waals surface area contributed by atoms with Gasteiger partial charge in [0.1, 0.15) is 6.04 Å². The molecule has 0 bridgehead atoms. The van der Waals surface area contributed by atoms with Crippen LogP contribution in [0.15, 0.2) is 12.1 Å². The zero-order valence-electron chi connectivity index (χ0n) is 8.02. The van der Waals surface area contributed by atoms with Crippen molar-refractivity contribution < 1.29 is 13.2 Å². The zero-order valence-corrected chi connectivity index (χ0v) is 8.02. The molecule has 1 atom stereocenters. The number of hydrogen-bond donors (Lipinski definition) is 1. The van der Waals surface area contributed by atoms with E-state index >= 15 is 0 Å². The van der Waals surface area contributed by atoms with E-state index in [9.17, 15) is 13.2 Å². The lowest BCUT2D eigenvalue weighted by Crippen LogP contribution is -2.16. The van der Waals surface area contributed by atoms with Gasteiger partial charge in [0.05, 0.1) is 6.07 Å². The van der Waals surface area contributed by atoms with Crippen LogP contribution in [-0.2, 0) is 0 Å². The molecule has 0 saturated carbocycles. The first-order valence-corrected chi connectivity index (χ1v) is 4.39. The molecule has 0 saturated heterocycles. The number of anilines is 1. The number of benzene rings is 1. The molecule has 0 spiro atoms. The molecular weight excluding hydrogens is 205 g/mol. The maximum absolute atomic E-state index is 12.8. The quantitative estimate of drug-likeness (QED) is 0.785. The summed E-state index contributed by atoms with van der Waals surface area (Å²) in [5.41, 5.74) is 0.0554. The van der Waals surface area contributed by atoms with Crippen LogP contribution in [0.5, 0.6) is 0 Å². The van der Waals surface area contributed by atoms with Crippen LogP contribution in [0.2, 0.25) is 0 Å². The van der Waals surface area contributed by atoms with E-state index in [-0.39, 0.29) is 5.69 Å². The number of nitrogens with one attached hydrogen (secondary N) is 1. The minimum Gasteiger partial charge on any atom is -0.370 e. The van der Waals surface area contributed by atoms with E-state index in [1.807, 2.05) is 6.07 Å². The molecule has 0 radical (unpaired) electrons. The Bertz CT molecular complexity index is 375. The van der Waals surface area contributed by atoms with Crippen LogP contribution in [0.3, 0.4) is 0 Å². The standard InChI is InChI=1S/C10H9F3N2/c1-2-6(5-14)15-7-3-8(11)10(13)9(12)4-7/h3-4,6,15H,2H2,1H3. The molecule has 1 rings (SSSR count). The van der Waals surface area contributed by atoms with E-state index in [2.05, 4.69) is 5.32 Å². The maximum atomic E-state index is 12.8. The highest BCUT2D eigenvalue weighted by Crippen LogP contribution is 2.18. The van der Waals surface area contributed by atoms with Crippen LogP contribution in [0.25, 0.3) is 0 Å². The van der Waals surface area contributed by atoms with Gasteiger partial charge in [-0.15, -0.1) is 0 Å². The van der Waals surface area contributed by atoms with Gasteiger partial charge < -0.3 is 5.32 Å². The summed E-state index contributed by atoms with van der Waals surface area (Å²) < 4.78 is 38.1. The summed E-state index contributed by atoms with van der Waals surface area (Å²) in [5, 5.41) is 11.2. The molecular formula is C10H9F3N2. The van der Waals surface area contributed by atoms with Crippen LogP contribution in [-0.4, -0.2) is 6.04 Å². The second-order valence-electron chi connectivity index (χ2n) is 2.99. The van der Waals surface area contributed by atoms with Gasteiger partial charge in [0.25, 0.3) is 0 Å². The molecule has 0 aliphatic heterocycles. The smallest absolute Gasteiger partial charge is 0.194 e. The van der Waals surface area contributed by atoms with Crippen molar-refractivity contribution in [2.45, 2.75) is 19.4 Å². The number of hydrogen-bond acceptors (Lipinski definition) is 2. The predicted molar refractivity (Wildman–Crippen MR) is 49.6 cm³/mol. The Morgan fingerprint density at radius 3 is 2.27 bits per heavy atom. The van der Waals surface area contributed by atoms with Crippen molar-refractivity contribution in [1.29, 1.82) is 5.26 Å². The highest BCUT2D eigenvalue weighted by atomic mass is 19.2. The van der Waals surface area contributed by atoms with E-state index in [4.69, 9.17) is 5.26 Å². The summed E-state index contributed by atoms with van der Waals surface area (Å²) in [4.78, 5) is 0. The Morgan fingerprint density at radius 1 is 1.33 bits per heavy atom. The molecule has 0 heterocycles. The van der Waals surface area contributed by atoms with Gasteiger partial charge in [-0.1, -0.05) is 6.92 Å². The minimum absolute atomic E-state index is 0.0554. The highest BCUT2D eigenvalue weighted by molar-refractivity contribution is 5.46. The number of rotatable bonds is 3. The van der Waals surface area contributed by atoms with Crippen molar-refractivity contribution in [3.63, 3.8) is 0 Å². The van der Waals surface area contributed by atoms with Gasteiger partial charge in [0, 0.05) is 17.8 Å². The average Bonchev–Trinajstić information content (AvgIpc) is 2.22. The Labute approximate surface area is 85.3 Å². The lowest BCUT2D eigenvalue weighted by molar-refractivity contribution is 0.447. The van der Waals surface area contributed by atoms with Crippen molar-refractivity contribution in [2.24, 2.45) is 0 Å². The highest BCUT2D eigenvalue weighted by Gasteiger charge is 2.12. The molecule has 5 heteroatoms. The van der Waals surface area contributed by atoms with Crippen LogP contribution < -0.4 is 5.32 Å². The van der Waals surface area contributed by atoms with Gasteiger partial charge in [0.2, 0.25) is 0 Å². The van der Waals surface area contributed by atoms with Gasteiger partial charge in [0.15, 0.2) is 17.5 Å². The molecule has 0 aromatic heterocycles. The first-order chi connectivity index (χ1) is 7.08. The molecule has 15 heavy (non-hydrogen) atoms. The van der Waals surface area contributed by atoms with Crippen LogP contribution >= 0.6 is 0 Å². The Balaban J connectivity index is 2.93. The minimum atomic E-state index is -1.51. The predicted octanol–water partition coefficient (Wildman–Crippen LogP) is 2.82. The summed E-state index contributed by atoms with van der Waals surface area (Å²) in [6.07, 6.45) is 0.483. The Morgan fingerprint density at radius 2 is 1.87 bits per heavy atom. The normalized spacial score (nSPS) is 11.9. The second-order valence-corrected chi connectivity index (χ2v) is 2.99. The summed E-state index contributed by atoms with van der Waals surface area (Å²) in [5.74, 6) is -4.05. The van der Waals surface area contributed by atoms with Crippen LogP contribution in [0.4, 0.5) is 18.9 Å². The largest absolute Gasteiger partial charge is 0.370 e. The third-order valence-electron chi connectivity index (χ3n) is 1.89. The molecule has 2 nitrogen and oxygen atoms in total. The SMILES string of the molecule is CCC(C#N)Nc1cc(F)c(F)c(F)c1. The molecule has 1 aromatic carbocycles. The number of nitrogens with zero attached hydrogens (tertiary/aromatic N) is 1. The molecule has 0 fully saturated rings. The average molecular weight is 214 g/mol. The summed E-state index contributed by atoms with van der Waals surface area (Å²) in [7, 11) is 0. The van der Waals surface area contributed by atoms with Gasteiger partial charge in [-0.25, -0.2) is 13.2 Å². The summed E-state index contributed by atoms with van der Waals surface area (Å²) in [6, 6.07) is 2.99. The number of halogens is 3. The molecule has 0 amide bonds. The van der Waals surface area contributed by atoms with E-state index in [1.165, 1.54) is 0 Å². The van der Waals surface area contributed by atoms with E-state index < -0.39 is 23.5 Å². The van der Waals surface area contributed by atoms with Crippen molar-refractivity contribution >= 4 is 5.69 Å². The lowest BCUT2D eigenvalue weighted by Gasteiger charge is -2.10. The Kier molecular flexibility index (Phi) is 3.56. The van der Waals surface area contributed by atoms with Crippen LogP contribution in [0, 0.1) is 28.8 Å². The monoisotopic (exact) mass is 214 g/mol. The first-order valence-electron chi connectivity index (χ1n) is 4.39. The van der Waals surface area contributed by atoms with E-state index in [0.29, 0.717) is 6.42 Å². The van der Waals surface area contributed by atoms with Gasteiger partial charge in [-0.2, -0.15) is 5.26 Å². The van der Waals surface area contributed by atoms with Crippen LogP contribution in [0.1, 0.15) is 13.3 Å². The molecule has 80 valence electrons. The number of nitriles is 1. The maximum Gasteiger partial charge on any atom is 0.194 e. The van der Waals surface area contributed by atoms with Gasteiger partial charge in [-0.3, -0.25) is 0 Å². The molecule has 1 N–H and O–H groups in total. The fourth-order valence-electron chi connectivity index (χ4n) is 1.07. The van der Waals surface area contributed by atoms with Crippen molar-refractivity contribution in [3.8, 4) is 6.07 Å². The fourth-order valence-corrected chi connectivity index (χ4v) is 1.07. The fraction of sp³-hybridized carbons (Fsp3) is 0.300. The molecule has 0 aliphatic carbocycles. The lowest BCUT2D eigenvalue weighted by atomic mass is 10.2. The third kappa shape index (κ3) is 2.62. The molecule has 0 aliphatic rings. The van der Waals surface area contributed by atoms with E-state index in [1.54, 1.807) is 6.92 Å². The van der Waals surface area contributed by atoms with Crippen molar-refractivity contribution in [1.82, 2.24) is 0 Å². The topological polar surface area (TPSA) is 35.8 Å². The second kappa shape index (κ2) is 4.69. The summed E-state index contributed by atoms with van der Waals surface area (Å²) in [6.45, 7) is 1.75. The molecule has 1 aromatic rings. The van der Waals surface area contributed by atoms with Gasteiger partial charge in [-0.05, 0) is 6.42 Å². The third-order valence-corrected chi connectivity index (χ3v) is 1.89. The summed E-state index contributed by atoms with van der Waals surface area (Å²) >= 11 is 0. The first kappa shape index (κ1) is 11.4.